The molecule has 2 aromatic carbocycles. The third-order valence-corrected chi connectivity index (χ3v) is 5.34. The molecule has 0 unspecified atom stereocenters. The average molecular weight is 399 g/mol. The van der Waals surface area contributed by atoms with Gasteiger partial charge in [-0.25, -0.2) is 0 Å². The molecular weight excluding hydrogens is 360 g/mol. The first-order valence-corrected chi connectivity index (χ1v) is 10.7. The molecule has 29 heavy (non-hydrogen) atoms. The Kier molecular flexibility index (Phi) is 8.88. The Morgan fingerprint density at radius 1 is 0.552 bits per heavy atom. The summed E-state index contributed by atoms with van der Waals surface area (Å²) in [7, 11) is 0. The van der Waals surface area contributed by atoms with Crippen LogP contribution in [-0.2, 0) is 38.3 Å². The van der Waals surface area contributed by atoms with Crippen LogP contribution in [0.2, 0.25) is 0 Å². The predicted molar refractivity (Wildman–Crippen MR) is 120 cm³/mol. The molecule has 0 radical (unpaired) electrons. The van der Waals surface area contributed by atoms with E-state index in [1.807, 2.05) is 13.8 Å². The van der Waals surface area contributed by atoms with Crippen molar-refractivity contribution in [2.24, 2.45) is 0 Å². The number of ether oxygens (including phenoxy) is 3. The molecule has 160 valence electrons. The van der Waals surface area contributed by atoms with E-state index in [0.29, 0.717) is 26.4 Å². The Morgan fingerprint density at radius 3 is 1.21 bits per heavy atom. The zero-order chi connectivity index (χ0) is 21.3. The van der Waals surface area contributed by atoms with Gasteiger partial charge in [-0.1, -0.05) is 76.2 Å². The molecule has 0 saturated heterocycles. The molecular formula is C26H38O3. The molecule has 0 spiro atoms. The van der Waals surface area contributed by atoms with Gasteiger partial charge in [0.1, 0.15) is 0 Å². The lowest BCUT2D eigenvalue weighted by molar-refractivity contribution is 0.0633. The van der Waals surface area contributed by atoms with Gasteiger partial charge in [0, 0.05) is 24.0 Å². The quantitative estimate of drug-likeness (QED) is 0.437. The van der Waals surface area contributed by atoms with E-state index < -0.39 is 0 Å². The molecule has 0 aliphatic heterocycles. The van der Waals surface area contributed by atoms with E-state index in [-0.39, 0.29) is 10.8 Å². The first-order valence-electron chi connectivity index (χ1n) is 10.7. The van der Waals surface area contributed by atoms with E-state index in [1.165, 1.54) is 22.3 Å². The van der Waals surface area contributed by atoms with E-state index in [1.54, 1.807) is 0 Å². The van der Waals surface area contributed by atoms with Gasteiger partial charge in [0.2, 0.25) is 0 Å². The van der Waals surface area contributed by atoms with Crippen molar-refractivity contribution in [3.63, 3.8) is 0 Å². The van der Waals surface area contributed by atoms with E-state index >= 15 is 0 Å². The zero-order valence-corrected chi connectivity index (χ0v) is 19.1. The SMILES string of the molecule is CCOCc1ccc(C(C)(C)COCC(C)(C)c2ccc(COCC)cc2)cc1. The highest BCUT2D eigenvalue weighted by Gasteiger charge is 2.25. The van der Waals surface area contributed by atoms with Gasteiger partial charge in [-0.2, -0.15) is 0 Å². The number of benzene rings is 2. The van der Waals surface area contributed by atoms with Crippen LogP contribution in [0.5, 0.6) is 0 Å². The van der Waals surface area contributed by atoms with Crippen molar-refractivity contribution in [2.45, 2.75) is 65.6 Å². The maximum absolute atomic E-state index is 6.21. The highest BCUT2D eigenvalue weighted by Crippen LogP contribution is 2.28. The van der Waals surface area contributed by atoms with Gasteiger partial charge >= 0.3 is 0 Å². The summed E-state index contributed by atoms with van der Waals surface area (Å²) in [5.74, 6) is 0. The summed E-state index contributed by atoms with van der Waals surface area (Å²) in [4.78, 5) is 0. The average Bonchev–Trinajstić information content (AvgIpc) is 2.71. The van der Waals surface area contributed by atoms with Gasteiger partial charge in [0.05, 0.1) is 26.4 Å². The summed E-state index contributed by atoms with van der Waals surface area (Å²) >= 11 is 0. The summed E-state index contributed by atoms with van der Waals surface area (Å²) in [6.07, 6.45) is 0. The second-order valence-electron chi connectivity index (χ2n) is 8.93. The van der Waals surface area contributed by atoms with Gasteiger partial charge in [0.15, 0.2) is 0 Å². The van der Waals surface area contributed by atoms with E-state index in [9.17, 15) is 0 Å². The number of hydrogen-bond donors (Lipinski definition) is 0. The fourth-order valence-corrected chi connectivity index (χ4v) is 3.27. The van der Waals surface area contributed by atoms with E-state index in [2.05, 4.69) is 76.2 Å². The van der Waals surface area contributed by atoms with Crippen LogP contribution in [0, 0.1) is 0 Å². The topological polar surface area (TPSA) is 27.7 Å². The Bertz CT molecular complexity index is 651. The third-order valence-electron chi connectivity index (χ3n) is 5.34. The van der Waals surface area contributed by atoms with Crippen LogP contribution in [0.3, 0.4) is 0 Å². The highest BCUT2D eigenvalue weighted by atomic mass is 16.5. The Morgan fingerprint density at radius 2 is 0.897 bits per heavy atom. The summed E-state index contributed by atoms with van der Waals surface area (Å²) in [5.41, 5.74) is 4.91. The molecule has 0 aliphatic carbocycles. The Labute approximate surface area is 177 Å². The van der Waals surface area contributed by atoms with Crippen LogP contribution in [0.15, 0.2) is 48.5 Å². The lowest BCUT2D eigenvalue weighted by Gasteiger charge is -2.30. The van der Waals surface area contributed by atoms with Crippen molar-refractivity contribution in [1.29, 1.82) is 0 Å². The Balaban J connectivity index is 1.90. The van der Waals surface area contributed by atoms with Crippen LogP contribution in [-0.4, -0.2) is 26.4 Å². The normalized spacial score (nSPS) is 12.3. The van der Waals surface area contributed by atoms with E-state index in [4.69, 9.17) is 14.2 Å². The lowest BCUT2D eigenvalue weighted by Crippen LogP contribution is -2.30. The first kappa shape index (κ1) is 23.6. The van der Waals surface area contributed by atoms with Crippen molar-refractivity contribution in [3.8, 4) is 0 Å². The van der Waals surface area contributed by atoms with Gasteiger partial charge in [-0.05, 0) is 36.1 Å². The molecule has 3 nitrogen and oxygen atoms in total. The molecule has 0 atom stereocenters. The molecule has 0 bridgehead atoms. The van der Waals surface area contributed by atoms with Crippen molar-refractivity contribution in [2.75, 3.05) is 26.4 Å². The second kappa shape index (κ2) is 10.9. The maximum Gasteiger partial charge on any atom is 0.0716 e. The van der Waals surface area contributed by atoms with Crippen LogP contribution in [0.25, 0.3) is 0 Å². The van der Waals surface area contributed by atoms with Crippen molar-refractivity contribution >= 4 is 0 Å². The standard InChI is InChI=1S/C26H38O3/c1-7-27-17-21-9-13-23(14-10-21)25(3,4)19-29-20-26(5,6)24-15-11-22(12-16-24)18-28-8-2/h9-16H,7-8,17-20H2,1-6H3. The predicted octanol–water partition coefficient (Wildman–Crippen LogP) is 6.03. The van der Waals surface area contributed by atoms with E-state index in [0.717, 1.165) is 13.2 Å². The molecule has 2 rings (SSSR count). The summed E-state index contributed by atoms with van der Waals surface area (Å²) in [5, 5.41) is 0. The fraction of sp³-hybridized carbons (Fsp3) is 0.538. The first-order chi connectivity index (χ1) is 13.8. The van der Waals surface area contributed by atoms with Crippen LogP contribution in [0.1, 0.15) is 63.8 Å². The van der Waals surface area contributed by atoms with Crippen molar-refractivity contribution in [1.82, 2.24) is 0 Å². The highest BCUT2D eigenvalue weighted by molar-refractivity contribution is 5.29. The molecule has 0 heterocycles. The summed E-state index contributed by atoms with van der Waals surface area (Å²) in [6, 6.07) is 17.4. The monoisotopic (exact) mass is 398 g/mol. The molecule has 0 fully saturated rings. The Hall–Kier alpha value is -1.68. The molecule has 0 aliphatic rings. The van der Waals surface area contributed by atoms with Gasteiger partial charge in [-0.15, -0.1) is 0 Å². The molecule has 3 heteroatoms. The smallest absolute Gasteiger partial charge is 0.0716 e. The van der Waals surface area contributed by atoms with Gasteiger partial charge in [0.25, 0.3) is 0 Å². The summed E-state index contributed by atoms with van der Waals surface area (Å²) < 4.78 is 17.2. The fourth-order valence-electron chi connectivity index (χ4n) is 3.27. The summed E-state index contributed by atoms with van der Waals surface area (Å²) in [6.45, 7) is 17.2. The minimum Gasteiger partial charge on any atom is -0.380 e. The molecule has 0 aromatic heterocycles. The minimum absolute atomic E-state index is 0.0401. The molecule has 2 aromatic rings. The van der Waals surface area contributed by atoms with Crippen molar-refractivity contribution in [3.05, 3.63) is 70.8 Å². The minimum atomic E-state index is -0.0401. The number of rotatable bonds is 12. The van der Waals surface area contributed by atoms with Crippen LogP contribution >= 0.6 is 0 Å². The molecule has 0 saturated carbocycles. The van der Waals surface area contributed by atoms with Gasteiger partial charge in [-0.3, -0.25) is 0 Å². The zero-order valence-electron chi connectivity index (χ0n) is 19.1. The van der Waals surface area contributed by atoms with Gasteiger partial charge < -0.3 is 14.2 Å². The lowest BCUT2D eigenvalue weighted by atomic mass is 9.84. The largest absolute Gasteiger partial charge is 0.380 e. The maximum atomic E-state index is 6.21. The molecule has 0 N–H and O–H groups in total. The van der Waals surface area contributed by atoms with Crippen LogP contribution in [0.4, 0.5) is 0 Å². The number of hydrogen-bond acceptors (Lipinski definition) is 3. The third kappa shape index (κ3) is 7.26. The second-order valence-corrected chi connectivity index (χ2v) is 8.93. The molecule has 0 amide bonds. The van der Waals surface area contributed by atoms with Crippen LogP contribution < -0.4 is 0 Å². The van der Waals surface area contributed by atoms with Crippen molar-refractivity contribution < 1.29 is 14.2 Å².